The predicted molar refractivity (Wildman–Crippen MR) is 77.8 cm³/mol. The molecule has 2 fully saturated rings. The fraction of sp³-hybridized carbons (Fsp3) is 0.667. The van der Waals surface area contributed by atoms with Crippen LogP contribution in [-0.2, 0) is 9.59 Å². The molecule has 24 heavy (non-hydrogen) atoms. The van der Waals surface area contributed by atoms with Crippen molar-refractivity contribution in [3.05, 3.63) is 18.7 Å². The minimum absolute atomic E-state index is 0.119. The van der Waals surface area contributed by atoms with Crippen molar-refractivity contribution < 1.29 is 22.8 Å². The monoisotopic (exact) mass is 344 g/mol. The quantitative estimate of drug-likeness (QED) is 0.834. The number of hydrogen-bond donors (Lipinski definition) is 0. The average molecular weight is 344 g/mol. The SMILES string of the molecule is O=C1C[C@@H](C(=O)N2CCC[C@@H](n3ccnc3)C2)CN1CC(F)(F)F. The molecule has 3 heterocycles. The van der Waals surface area contributed by atoms with Crippen LogP contribution in [0.1, 0.15) is 25.3 Å². The number of likely N-dealkylation sites (tertiary alicyclic amines) is 2. The summed E-state index contributed by atoms with van der Waals surface area (Å²) in [6, 6.07) is 0.119. The van der Waals surface area contributed by atoms with E-state index in [0.717, 1.165) is 17.7 Å². The minimum atomic E-state index is -4.44. The van der Waals surface area contributed by atoms with E-state index in [1.54, 1.807) is 17.4 Å². The first-order valence-electron chi connectivity index (χ1n) is 7.94. The second kappa shape index (κ2) is 6.45. The lowest BCUT2D eigenvalue weighted by atomic mass is 10.0. The molecule has 0 saturated carbocycles. The summed E-state index contributed by atoms with van der Waals surface area (Å²) >= 11 is 0. The number of piperidine rings is 1. The van der Waals surface area contributed by atoms with Crippen molar-refractivity contribution in [1.29, 1.82) is 0 Å². The van der Waals surface area contributed by atoms with E-state index >= 15 is 0 Å². The Kier molecular flexibility index (Phi) is 4.51. The Morgan fingerprint density at radius 3 is 2.79 bits per heavy atom. The van der Waals surface area contributed by atoms with Gasteiger partial charge in [-0.25, -0.2) is 4.98 Å². The number of hydrogen-bond acceptors (Lipinski definition) is 3. The van der Waals surface area contributed by atoms with Crippen molar-refractivity contribution in [2.45, 2.75) is 31.5 Å². The zero-order valence-electron chi connectivity index (χ0n) is 13.1. The summed E-state index contributed by atoms with van der Waals surface area (Å²) < 4.78 is 39.4. The van der Waals surface area contributed by atoms with Crippen molar-refractivity contribution in [1.82, 2.24) is 19.4 Å². The van der Waals surface area contributed by atoms with Crippen LogP contribution in [0, 0.1) is 5.92 Å². The molecule has 2 atom stereocenters. The van der Waals surface area contributed by atoms with Gasteiger partial charge in [-0.05, 0) is 12.8 Å². The minimum Gasteiger partial charge on any atom is -0.340 e. The first kappa shape index (κ1) is 16.8. The molecule has 1 aromatic heterocycles. The molecule has 1 aromatic rings. The van der Waals surface area contributed by atoms with Gasteiger partial charge in [0.05, 0.1) is 18.3 Å². The Morgan fingerprint density at radius 1 is 1.33 bits per heavy atom. The third kappa shape index (κ3) is 3.70. The van der Waals surface area contributed by atoms with Crippen LogP contribution in [-0.4, -0.2) is 63.5 Å². The number of nitrogens with zero attached hydrogens (tertiary/aromatic N) is 4. The molecule has 6 nitrogen and oxygen atoms in total. The number of halogens is 3. The van der Waals surface area contributed by atoms with E-state index in [-0.39, 0.29) is 24.9 Å². The fourth-order valence-electron chi connectivity index (χ4n) is 3.45. The van der Waals surface area contributed by atoms with Gasteiger partial charge in [-0.1, -0.05) is 0 Å². The fourth-order valence-corrected chi connectivity index (χ4v) is 3.45. The van der Waals surface area contributed by atoms with Crippen LogP contribution >= 0.6 is 0 Å². The van der Waals surface area contributed by atoms with Gasteiger partial charge in [-0.2, -0.15) is 13.2 Å². The maximum atomic E-state index is 12.6. The van der Waals surface area contributed by atoms with Gasteiger partial charge in [0, 0.05) is 38.4 Å². The van der Waals surface area contributed by atoms with Crippen molar-refractivity contribution in [3.8, 4) is 0 Å². The Morgan fingerprint density at radius 2 is 2.12 bits per heavy atom. The molecule has 0 unspecified atom stereocenters. The van der Waals surface area contributed by atoms with Crippen LogP contribution in [0.25, 0.3) is 0 Å². The topological polar surface area (TPSA) is 58.4 Å². The molecule has 2 aliphatic rings. The van der Waals surface area contributed by atoms with Crippen LogP contribution in [0.15, 0.2) is 18.7 Å². The number of amides is 2. The van der Waals surface area contributed by atoms with Crippen LogP contribution in [0.4, 0.5) is 13.2 Å². The third-order valence-electron chi connectivity index (χ3n) is 4.59. The first-order valence-corrected chi connectivity index (χ1v) is 7.94. The van der Waals surface area contributed by atoms with Crippen molar-refractivity contribution >= 4 is 11.8 Å². The molecular formula is C15H19F3N4O2. The van der Waals surface area contributed by atoms with Gasteiger partial charge in [0.1, 0.15) is 6.54 Å². The van der Waals surface area contributed by atoms with E-state index in [4.69, 9.17) is 0 Å². The van der Waals surface area contributed by atoms with Gasteiger partial charge in [-0.3, -0.25) is 9.59 Å². The summed E-state index contributed by atoms with van der Waals surface area (Å²) in [4.78, 5) is 30.8. The van der Waals surface area contributed by atoms with E-state index in [1.165, 1.54) is 0 Å². The third-order valence-corrected chi connectivity index (χ3v) is 4.59. The number of rotatable bonds is 3. The molecule has 2 saturated heterocycles. The van der Waals surface area contributed by atoms with Gasteiger partial charge >= 0.3 is 6.18 Å². The summed E-state index contributed by atoms with van der Waals surface area (Å²) in [7, 11) is 0. The molecule has 0 aliphatic carbocycles. The highest BCUT2D eigenvalue weighted by Crippen LogP contribution is 2.28. The molecule has 2 aliphatic heterocycles. The van der Waals surface area contributed by atoms with Crippen LogP contribution in [0.5, 0.6) is 0 Å². The molecule has 9 heteroatoms. The number of carbonyl (C=O) groups is 2. The first-order chi connectivity index (χ1) is 11.3. The lowest BCUT2D eigenvalue weighted by molar-refractivity contribution is -0.157. The van der Waals surface area contributed by atoms with E-state index in [0.29, 0.717) is 13.1 Å². The van der Waals surface area contributed by atoms with Gasteiger partial charge in [0.25, 0.3) is 0 Å². The summed E-state index contributed by atoms with van der Waals surface area (Å²) in [5.41, 5.74) is 0. The smallest absolute Gasteiger partial charge is 0.340 e. The number of imidazole rings is 1. The molecular weight excluding hydrogens is 325 g/mol. The summed E-state index contributed by atoms with van der Waals surface area (Å²) in [5, 5.41) is 0. The second-order valence-corrected chi connectivity index (χ2v) is 6.38. The molecule has 132 valence electrons. The molecule has 2 amide bonds. The van der Waals surface area contributed by atoms with Gasteiger partial charge in [-0.15, -0.1) is 0 Å². The number of aromatic nitrogens is 2. The molecule has 0 N–H and O–H groups in total. The van der Waals surface area contributed by atoms with Gasteiger partial charge < -0.3 is 14.4 Å². The second-order valence-electron chi connectivity index (χ2n) is 6.38. The largest absolute Gasteiger partial charge is 0.406 e. The van der Waals surface area contributed by atoms with Crippen molar-refractivity contribution in [2.24, 2.45) is 5.92 Å². The van der Waals surface area contributed by atoms with Crippen LogP contribution in [0.3, 0.4) is 0 Å². The maximum Gasteiger partial charge on any atom is 0.406 e. The van der Waals surface area contributed by atoms with E-state index in [9.17, 15) is 22.8 Å². The zero-order chi connectivity index (χ0) is 17.3. The summed E-state index contributed by atoms with van der Waals surface area (Å²) in [6.07, 6.45) is 2.37. The summed E-state index contributed by atoms with van der Waals surface area (Å²) in [6.45, 7) is -0.357. The Balaban J connectivity index is 1.61. The normalized spacial score (nSPS) is 25.4. The Labute approximate surface area is 137 Å². The van der Waals surface area contributed by atoms with E-state index in [2.05, 4.69) is 4.98 Å². The number of alkyl halides is 3. The molecule has 0 radical (unpaired) electrons. The van der Waals surface area contributed by atoms with Crippen molar-refractivity contribution in [3.63, 3.8) is 0 Å². The van der Waals surface area contributed by atoms with Gasteiger partial charge in [0.2, 0.25) is 11.8 Å². The molecule has 3 rings (SSSR count). The maximum absolute atomic E-state index is 12.6. The summed E-state index contributed by atoms with van der Waals surface area (Å²) in [5.74, 6) is -1.51. The number of carbonyl (C=O) groups excluding carboxylic acids is 2. The molecule has 0 spiro atoms. The highest BCUT2D eigenvalue weighted by molar-refractivity contribution is 5.89. The van der Waals surface area contributed by atoms with Crippen LogP contribution < -0.4 is 0 Å². The average Bonchev–Trinajstić information content (AvgIpc) is 3.16. The molecule has 0 aromatic carbocycles. The van der Waals surface area contributed by atoms with Crippen LogP contribution in [0.2, 0.25) is 0 Å². The zero-order valence-corrected chi connectivity index (χ0v) is 13.1. The highest BCUT2D eigenvalue weighted by atomic mass is 19.4. The lowest BCUT2D eigenvalue weighted by Crippen LogP contribution is -2.44. The molecule has 0 bridgehead atoms. The van der Waals surface area contributed by atoms with Gasteiger partial charge in [0.15, 0.2) is 0 Å². The predicted octanol–water partition coefficient (Wildman–Crippen LogP) is 1.46. The standard InChI is InChI=1S/C15H19F3N4O2/c16-15(17,18)9-22-7-11(6-13(22)23)14(24)20-4-1-2-12(8-20)21-5-3-19-10-21/h3,5,10-12H,1-2,4,6-9H2/t11-,12-/m1/s1. The van der Waals surface area contributed by atoms with E-state index in [1.807, 2.05) is 10.8 Å². The lowest BCUT2D eigenvalue weighted by Gasteiger charge is -2.34. The van der Waals surface area contributed by atoms with E-state index < -0.39 is 24.5 Å². The highest BCUT2D eigenvalue weighted by Gasteiger charge is 2.42. The Hall–Kier alpha value is -2.06. The Bertz CT molecular complexity index is 602. The van der Waals surface area contributed by atoms with Crippen molar-refractivity contribution in [2.75, 3.05) is 26.2 Å².